The molecule has 0 aliphatic heterocycles. The standard InChI is InChI=1S/C29H32N2O2/c1-4-26-13-27(21(2)3)16-28(14-26,22-5-9-24(10-6-22)32-19-30)18-29(15-26,17-27)23-7-11-25(12-8-23)33-20-31/h5-12,21H,4,13-18H2,1-3H3. The van der Waals surface area contributed by atoms with Crippen LogP contribution in [0.15, 0.2) is 48.5 Å². The molecule has 0 aromatic heterocycles. The highest BCUT2D eigenvalue weighted by Crippen LogP contribution is 2.76. The Labute approximate surface area is 197 Å². The number of nitriles is 2. The topological polar surface area (TPSA) is 66.0 Å². The molecule has 0 saturated heterocycles. The molecule has 2 unspecified atom stereocenters. The summed E-state index contributed by atoms with van der Waals surface area (Å²) in [6.07, 6.45) is 12.2. The van der Waals surface area contributed by atoms with Gasteiger partial charge in [-0.1, -0.05) is 51.5 Å². The van der Waals surface area contributed by atoms with Gasteiger partial charge in [-0.15, -0.1) is 10.5 Å². The Bertz CT molecular complexity index is 1040. The van der Waals surface area contributed by atoms with Gasteiger partial charge in [0.25, 0.3) is 12.5 Å². The summed E-state index contributed by atoms with van der Waals surface area (Å²) in [5.41, 5.74) is 3.69. The van der Waals surface area contributed by atoms with E-state index >= 15 is 0 Å². The summed E-state index contributed by atoms with van der Waals surface area (Å²) < 4.78 is 10.1. The highest BCUT2D eigenvalue weighted by molar-refractivity contribution is 5.43. The molecule has 4 aliphatic carbocycles. The first-order valence-electron chi connectivity index (χ1n) is 12.2. The second-order valence-electron chi connectivity index (χ2n) is 11.4. The van der Waals surface area contributed by atoms with Crippen molar-refractivity contribution in [3.05, 3.63) is 59.7 Å². The Balaban J connectivity index is 1.64. The van der Waals surface area contributed by atoms with Crippen molar-refractivity contribution in [2.75, 3.05) is 0 Å². The van der Waals surface area contributed by atoms with Crippen molar-refractivity contribution in [3.8, 4) is 24.0 Å². The first kappa shape index (κ1) is 21.8. The lowest BCUT2D eigenvalue weighted by molar-refractivity contribution is -0.161. The summed E-state index contributed by atoms with van der Waals surface area (Å²) in [6.45, 7) is 7.23. The van der Waals surface area contributed by atoms with Crippen LogP contribution < -0.4 is 9.47 Å². The Morgan fingerprint density at radius 1 is 0.727 bits per heavy atom. The molecule has 33 heavy (non-hydrogen) atoms. The molecule has 4 saturated carbocycles. The van der Waals surface area contributed by atoms with E-state index in [0.717, 1.165) is 6.42 Å². The molecule has 0 radical (unpaired) electrons. The van der Waals surface area contributed by atoms with E-state index < -0.39 is 0 Å². The molecule has 0 amide bonds. The van der Waals surface area contributed by atoms with Gasteiger partial charge in [-0.3, -0.25) is 0 Å². The maximum atomic E-state index is 8.89. The number of hydrogen-bond acceptors (Lipinski definition) is 4. The molecule has 6 rings (SSSR count). The van der Waals surface area contributed by atoms with Gasteiger partial charge in [0.1, 0.15) is 11.5 Å². The Kier molecular flexibility index (Phi) is 4.98. The number of nitrogens with zero attached hydrogens (tertiary/aromatic N) is 2. The first-order valence-corrected chi connectivity index (χ1v) is 12.2. The average Bonchev–Trinajstić information content (AvgIpc) is 2.79. The summed E-state index contributed by atoms with van der Waals surface area (Å²) in [7, 11) is 0. The SMILES string of the molecule is CCC12CC3(c4ccc(OC#N)cc4)CC(c4ccc(OC#N)cc4)(C1)CC(C(C)C)(C2)C3. The number of hydrogen-bond donors (Lipinski definition) is 0. The smallest absolute Gasteiger partial charge is 0.292 e. The van der Waals surface area contributed by atoms with Gasteiger partial charge < -0.3 is 9.47 Å². The van der Waals surface area contributed by atoms with Crippen molar-refractivity contribution < 1.29 is 9.47 Å². The van der Waals surface area contributed by atoms with Gasteiger partial charge in [-0.2, -0.15) is 0 Å². The number of rotatable bonds is 6. The third-order valence-electron chi connectivity index (χ3n) is 9.45. The van der Waals surface area contributed by atoms with Crippen LogP contribution in [0.1, 0.15) is 76.8 Å². The number of benzene rings is 2. The van der Waals surface area contributed by atoms with Crippen LogP contribution in [0.2, 0.25) is 0 Å². The lowest BCUT2D eigenvalue weighted by Crippen LogP contribution is -2.65. The fraction of sp³-hybridized carbons (Fsp3) is 0.517. The van der Waals surface area contributed by atoms with Crippen molar-refractivity contribution in [1.29, 1.82) is 10.5 Å². The fourth-order valence-electron chi connectivity index (χ4n) is 8.39. The quantitative estimate of drug-likeness (QED) is 0.453. The largest absolute Gasteiger partial charge is 0.388 e. The van der Waals surface area contributed by atoms with Crippen molar-refractivity contribution >= 4 is 0 Å². The lowest BCUT2D eigenvalue weighted by Gasteiger charge is -2.72. The second-order valence-corrected chi connectivity index (χ2v) is 11.4. The van der Waals surface area contributed by atoms with Crippen molar-refractivity contribution in [1.82, 2.24) is 0 Å². The zero-order chi connectivity index (χ0) is 23.3. The van der Waals surface area contributed by atoms with E-state index in [0.29, 0.717) is 28.2 Å². The second kappa shape index (κ2) is 7.53. The molecule has 2 aromatic rings. The predicted molar refractivity (Wildman–Crippen MR) is 126 cm³/mol. The Morgan fingerprint density at radius 3 is 1.55 bits per heavy atom. The summed E-state index contributed by atoms with van der Waals surface area (Å²) in [5.74, 6) is 1.83. The molecular weight excluding hydrogens is 408 g/mol. The van der Waals surface area contributed by atoms with Gasteiger partial charge in [0.2, 0.25) is 0 Å². The minimum Gasteiger partial charge on any atom is -0.388 e. The molecule has 4 aliphatic rings. The van der Waals surface area contributed by atoms with Crippen LogP contribution in [-0.2, 0) is 10.8 Å². The third kappa shape index (κ3) is 3.31. The van der Waals surface area contributed by atoms with E-state index in [1.54, 1.807) is 12.5 Å². The molecule has 0 spiro atoms. The van der Waals surface area contributed by atoms with E-state index in [2.05, 4.69) is 45.0 Å². The van der Waals surface area contributed by atoms with Gasteiger partial charge in [-0.05, 0) is 101 Å². The number of ether oxygens (including phenoxy) is 2. The van der Waals surface area contributed by atoms with E-state index in [9.17, 15) is 0 Å². The minimum atomic E-state index is 0.127. The predicted octanol–water partition coefficient (Wildman–Crippen LogP) is 7.00. The molecule has 0 heterocycles. The van der Waals surface area contributed by atoms with Crippen molar-refractivity contribution in [3.63, 3.8) is 0 Å². The molecule has 4 heteroatoms. The zero-order valence-corrected chi connectivity index (χ0v) is 19.9. The molecular formula is C29H32N2O2. The van der Waals surface area contributed by atoms with Crippen LogP contribution in [0.4, 0.5) is 0 Å². The van der Waals surface area contributed by atoms with Gasteiger partial charge in [0, 0.05) is 0 Å². The maximum absolute atomic E-state index is 8.89. The molecule has 4 bridgehead atoms. The monoisotopic (exact) mass is 440 g/mol. The zero-order valence-electron chi connectivity index (χ0n) is 19.9. The molecule has 4 fully saturated rings. The fourth-order valence-corrected chi connectivity index (χ4v) is 8.39. The normalized spacial score (nSPS) is 34.0. The summed E-state index contributed by atoms with van der Waals surface area (Å²) in [5, 5.41) is 17.8. The summed E-state index contributed by atoms with van der Waals surface area (Å²) >= 11 is 0. The summed E-state index contributed by atoms with van der Waals surface area (Å²) in [4.78, 5) is 0. The Morgan fingerprint density at radius 2 is 1.18 bits per heavy atom. The highest BCUT2D eigenvalue weighted by atomic mass is 16.5. The molecule has 2 aromatic carbocycles. The van der Waals surface area contributed by atoms with Crippen LogP contribution >= 0.6 is 0 Å². The van der Waals surface area contributed by atoms with Crippen LogP contribution in [0.3, 0.4) is 0 Å². The van der Waals surface area contributed by atoms with Gasteiger partial charge in [0.05, 0.1) is 0 Å². The van der Waals surface area contributed by atoms with Gasteiger partial charge in [-0.25, -0.2) is 0 Å². The average molecular weight is 441 g/mol. The minimum absolute atomic E-state index is 0.127. The van der Waals surface area contributed by atoms with Crippen molar-refractivity contribution in [2.45, 2.75) is 76.5 Å². The van der Waals surface area contributed by atoms with E-state index in [1.165, 1.54) is 49.7 Å². The van der Waals surface area contributed by atoms with Crippen molar-refractivity contribution in [2.24, 2.45) is 16.7 Å². The van der Waals surface area contributed by atoms with Gasteiger partial charge in [0.15, 0.2) is 0 Å². The molecule has 4 nitrogen and oxygen atoms in total. The Hall–Kier alpha value is -2.98. The van der Waals surface area contributed by atoms with E-state index in [4.69, 9.17) is 20.0 Å². The van der Waals surface area contributed by atoms with E-state index in [1.807, 2.05) is 24.3 Å². The van der Waals surface area contributed by atoms with Crippen LogP contribution in [0.5, 0.6) is 11.5 Å². The van der Waals surface area contributed by atoms with Crippen LogP contribution in [0.25, 0.3) is 0 Å². The molecule has 2 atom stereocenters. The van der Waals surface area contributed by atoms with E-state index in [-0.39, 0.29) is 10.8 Å². The highest BCUT2D eigenvalue weighted by Gasteiger charge is 2.68. The third-order valence-corrected chi connectivity index (χ3v) is 9.45. The first-order chi connectivity index (χ1) is 15.8. The maximum Gasteiger partial charge on any atom is 0.292 e. The molecule has 0 N–H and O–H groups in total. The van der Waals surface area contributed by atoms with Gasteiger partial charge >= 0.3 is 0 Å². The van der Waals surface area contributed by atoms with Crippen LogP contribution in [0, 0.1) is 39.8 Å². The lowest BCUT2D eigenvalue weighted by atomic mass is 9.32. The summed E-state index contributed by atoms with van der Waals surface area (Å²) in [6, 6.07) is 16.6. The van der Waals surface area contributed by atoms with Crippen LogP contribution in [-0.4, -0.2) is 0 Å². The molecule has 170 valence electrons.